The highest BCUT2D eigenvalue weighted by molar-refractivity contribution is 6.43. The molecule has 1 atom stereocenters. The van der Waals surface area contributed by atoms with Gasteiger partial charge in [-0.1, -0.05) is 29.3 Å². The van der Waals surface area contributed by atoms with Crippen molar-refractivity contribution in [2.75, 3.05) is 26.2 Å². The minimum absolute atomic E-state index is 0. The number of carbonyl (C=O) groups is 1. The molecular formula is C14H17Cl3N2O. The molecule has 2 heterocycles. The maximum atomic E-state index is 12.5. The molecule has 20 heavy (non-hydrogen) atoms. The molecule has 0 bridgehead atoms. The van der Waals surface area contributed by atoms with Crippen molar-refractivity contribution >= 4 is 41.5 Å². The first-order valence-corrected chi connectivity index (χ1v) is 7.31. The van der Waals surface area contributed by atoms with Crippen molar-refractivity contribution in [3.63, 3.8) is 0 Å². The van der Waals surface area contributed by atoms with Gasteiger partial charge in [-0.05, 0) is 31.5 Å². The van der Waals surface area contributed by atoms with Gasteiger partial charge in [-0.25, -0.2) is 0 Å². The van der Waals surface area contributed by atoms with Gasteiger partial charge in [0.2, 0.25) is 0 Å². The van der Waals surface area contributed by atoms with Crippen LogP contribution >= 0.6 is 35.6 Å². The zero-order chi connectivity index (χ0) is 13.5. The first-order valence-electron chi connectivity index (χ1n) is 6.55. The lowest BCUT2D eigenvalue weighted by atomic mass is 9.86. The molecule has 6 heteroatoms. The first-order chi connectivity index (χ1) is 9.11. The fraction of sp³-hybridized carbons (Fsp3) is 0.500. The fourth-order valence-corrected chi connectivity index (χ4v) is 3.47. The molecule has 1 N–H and O–H groups in total. The van der Waals surface area contributed by atoms with Gasteiger partial charge < -0.3 is 10.2 Å². The van der Waals surface area contributed by atoms with Crippen molar-refractivity contribution < 1.29 is 4.79 Å². The Balaban J connectivity index is 0.00000147. The van der Waals surface area contributed by atoms with Gasteiger partial charge >= 0.3 is 0 Å². The third kappa shape index (κ3) is 2.77. The summed E-state index contributed by atoms with van der Waals surface area (Å²) >= 11 is 12.1. The van der Waals surface area contributed by atoms with E-state index in [1.165, 1.54) is 0 Å². The number of halogens is 3. The fourth-order valence-electron chi connectivity index (χ4n) is 3.09. The molecule has 2 saturated heterocycles. The number of rotatable bonds is 1. The molecule has 1 spiro atoms. The van der Waals surface area contributed by atoms with E-state index in [1.54, 1.807) is 18.2 Å². The molecule has 0 radical (unpaired) electrons. The molecule has 3 nitrogen and oxygen atoms in total. The lowest BCUT2D eigenvalue weighted by Gasteiger charge is -2.23. The largest absolute Gasteiger partial charge is 0.338 e. The molecular weight excluding hydrogens is 319 g/mol. The molecule has 2 aliphatic heterocycles. The quantitative estimate of drug-likeness (QED) is 0.854. The van der Waals surface area contributed by atoms with Gasteiger partial charge in [0.1, 0.15) is 0 Å². The van der Waals surface area contributed by atoms with Gasteiger partial charge in [0.15, 0.2) is 0 Å². The van der Waals surface area contributed by atoms with Crippen molar-refractivity contribution in [1.29, 1.82) is 0 Å². The van der Waals surface area contributed by atoms with E-state index in [-0.39, 0.29) is 23.7 Å². The number of amides is 1. The van der Waals surface area contributed by atoms with E-state index in [9.17, 15) is 4.79 Å². The van der Waals surface area contributed by atoms with Crippen LogP contribution in [-0.2, 0) is 0 Å². The monoisotopic (exact) mass is 334 g/mol. The Labute approximate surface area is 135 Å². The maximum absolute atomic E-state index is 12.5. The van der Waals surface area contributed by atoms with E-state index in [4.69, 9.17) is 23.2 Å². The van der Waals surface area contributed by atoms with E-state index < -0.39 is 0 Å². The molecule has 3 rings (SSSR count). The highest BCUT2D eigenvalue weighted by Crippen LogP contribution is 2.37. The van der Waals surface area contributed by atoms with E-state index >= 15 is 0 Å². The number of hydrogen-bond acceptors (Lipinski definition) is 2. The van der Waals surface area contributed by atoms with Crippen LogP contribution in [0.4, 0.5) is 0 Å². The Morgan fingerprint density at radius 1 is 1.30 bits per heavy atom. The minimum atomic E-state index is -0.00345. The van der Waals surface area contributed by atoms with Gasteiger partial charge in [0.05, 0.1) is 15.6 Å². The predicted octanol–water partition coefficient (Wildman–Crippen LogP) is 3.24. The molecule has 1 amide bonds. The normalized spacial score (nSPS) is 25.0. The number of nitrogens with one attached hydrogen (secondary N) is 1. The number of hydrogen-bond donors (Lipinski definition) is 1. The van der Waals surface area contributed by atoms with E-state index in [1.807, 2.05) is 4.90 Å². The van der Waals surface area contributed by atoms with Crippen LogP contribution in [-0.4, -0.2) is 37.0 Å². The number of benzene rings is 1. The van der Waals surface area contributed by atoms with Crippen LogP contribution in [0.15, 0.2) is 18.2 Å². The van der Waals surface area contributed by atoms with E-state index in [0.717, 1.165) is 39.0 Å². The van der Waals surface area contributed by atoms with Gasteiger partial charge in [-0.15, -0.1) is 12.4 Å². The highest BCUT2D eigenvalue weighted by Gasteiger charge is 2.42. The molecule has 1 aromatic rings. The summed E-state index contributed by atoms with van der Waals surface area (Å²) in [5, 5.41) is 4.18. The Bertz CT molecular complexity index is 515. The first kappa shape index (κ1) is 15.9. The van der Waals surface area contributed by atoms with Gasteiger partial charge in [-0.3, -0.25) is 4.79 Å². The van der Waals surface area contributed by atoms with Crippen molar-refractivity contribution in [2.45, 2.75) is 12.8 Å². The second-order valence-corrected chi connectivity index (χ2v) is 6.29. The number of likely N-dealkylation sites (tertiary alicyclic amines) is 1. The van der Waals surface area contributed by atoms with Gasteiger partial charge in [0, 0.05) is 25.0 Å². The Morgan fingerprint density at radius 3 is 2.80 bits per heavy atom. The molecule has 2 aliphatic rings. The van der Waals surface area contributed by atoms with Crippen LogP contribution in [0.25, 0.3) is 0 Å². The second kappa shape index (κ2) is 6.10. The van der Waals surface area contributed by atoms with Crippen LogP contribution in [0.5, 0.6) is 0 Å². The Morgan fingerprint density at radius 2 is 2.10 bits per heavy atom. The molecule has 0 aromatic heterocycles. The van der Waals surface area contributed by atoms with Crippen molar-refractivity contribution in [3.8, 4) is 0 Å². The zero-order valence-electron chi connectivity index (χ0n) is 11.0. The van der Waals surface area contributed by atoms with E-state index in [2.05, 4.69) is 5.32 Å². The standard InChI is InChI=1S/C14H16Cl2N2O.ClH/c15-11-3-1-2-10(12(11)16)13(19)18-7-5-14(9-18)4-6-17-8-14;/h1-3,17H,4-9H2;1H. The Kier molecular flexibility index (Phi) is 4.85. The third-order valence-electron chi connectivity index (χ3n) is 4.24. The molecule has 110 valence electrons. The summed E-state index contributed by atoms with van der Waals surface area (Å²) in [4.78, 5) is 14.4. The average Bonchev–Trinajstić information content (AvgIpc) is 3.03. The summed E-state index contributed by atoms with van der Waals surface area (Å²) in [5.74, 6) is -0.00345. The predicted molar refractivity (Wildman–Crippen MR) is 84.2 cm³/mol. The second-order valence-electron chi connectivity index (χ2n) is 5.50. The summed E-state index contributed by atoms with van der Waals surface area (Å²) in [7, 11) is 0. The summed E-state index contributed by atoms with van der Waals surface area (Å²) in [5.41, 5.74) is 0.790. The van der Waals surface area contributed by atoms with Crippen LogP contribution in [0.3, 0.4) is 0 Å². The lowest BCUT2D eigenvalue weighted by molar-refractivity contribution is 0.0776. The SMILES string of the molecule is Cl.O=C(c1cccc(Cl)c1Cl)N1CCC2(CCNC2)C1. The maximum Gasteiger partial charge on any atom is 0.255 e. The summed E-state index contributed by atoms with van der Waals surface area (Å²) in [6.07, 6.45) is 2.23. The molecule has 1 aromatic carbocycles. The smallest absolute Gasteiger partial charge is 0.255 e. The highest BCUT2D eigenvalue weighted by atomic mass is 35.5. The van der Waals surface area contributed by atoms with E-state index in [0.29, 0.717) is 15.6 Å². The van der Waals surface area contributed by atoms with Crippen LogP contribution in [0.2, 0.25) is 10.0 Å². The number of nitrogens with zero attached hydrogens (tertiary/aromatic N) is 1. The van der Waals surface area contributed by atoms with Crippen molar-refractivity contribution in [3.05, 3.63) is 33.8 Å². The zero-order valence-corrected chi connectivity index (χ0v) is 13.3. The molecule has 1 unspecified atom stereocenters. The molecule has 2 fully saturated rings. The van der Waals surface area contributed by atoms with Crippen molar-refractivity contribution in [1.82, 2.24) is 10.2 Å². The van der Waals surface area contributed by atoms with Gasteiger partial charge in [-0.2, -0.15) is 0 Å². The van der Waals surface area contributed by atoms with Crippen LogP contribution in [0.1, 0.15) is 23.2 Å². The van der Waals surface area contributed by atoms with Crippen LogP contribution in [0, 0.1) is 5.41 Å². The third-order valence-corrected chi connectivity index (χ3v) is 5.06. The average molecular weight is 336 g/mol. The van der Waals surface area contributed by atoms with Gasteiger partial charge in [0.25, 0.3) is 5.91 Å². The summed E-state index contributed by atoms with van der Waals surface area (Å²) in [6, 6.07) is 5.21. The minimum Gasteiger partial charge on any atom is -0.338 e. The number of carbonyl (C=O) groups excluding carboxylic acids is 1. The van der Waals surface area contributed by atoms with Crippen molar-refractivity contribution in [2.24, 2.45) is 5.41 Å². The van der Waals surface area contributed by atoms with Crippen LogP contribution < -0.4 is 5.32 Å². The summed E-state index contributed by atoms with van der Waals surface area (Å²) < 4.78 is 0. The Hall–Kier alpha value is -0.480. The topological polar surface area (TPSA) is 32.3 Å². The summed E-state index contributed by atoms with van der Waals surface area (Å²) in [6.45, 7) is 3.70. The lowest BCUT2D eigenvalue weighted by Crippen LogP contribution is -2.33. The molecule has 0 saturated carbocycles. The molecule has 0 aliphatic carbocycles.